The molecule has 0 atom stereocenters. The Balaban J connectivity index is 2.40. The van der Waals surface area contributed by atoms with E-state index >= 15 is 0 Å². The zero-order valence-electron chi connectivity index (χ0n) is 8.92. The predicted molar refractivity (Wildman–Crippen MR) is 61.4 cm³/mol. The van der Waals surface area contributed by atoms with Crippen LogP contribution in [0.2, 0.25) is 0 Å². The van der Waals surface area contributed by atoms with Crippen molar-refractivity contribution >= 4 is 17.5 Å². The molecule has 0 amide bonds. The van der Waals surface area contributed by atoms with Crippen molar-refractivity contribution in [1.29, 1.82) is 0 Å². The maximum Gasteiger partial charge on any atom is 0.234 e. The highest BCUT2D eigenvalue weighted by molar-refractivity contribution is 7.98. The van der Waals surface area contributed by atoms with Gasteiger partial charge >= 0.3 is 0 Å². The summed E-state index contributed by atoms with van der Waals surface area (Å²) in [5, 5.41) is 0.660. The van der Waals surface area contributed by atoms with Gasteiger partial charge in [-0.15, -0.1) is 11.8 Å². The fourth-order valence-electron chi connectivity index (χ4n) is 1.24. The van der Waals surface area contributed by atoms with Gasteiger partial charge in [-0.05, 0) is 24.5 Å². The third-order valence-corrected chi connectivity index (χ3v) is 2.69. The molecule has 0 saturated heterocycles. The van der Waals surface area contributed by atoms with Crippen LogP contribution in [0, 0.1) is 5.95 Å². The van der Waals surface area contributed by atoms with Crippen molar-refractivity contribution in [1.82, 2.24) is 15.0 Å². The number of carbonyl (C=O) groups excluding carboxylic acids is 1. The molecule has 0 aliphatic carbocycles. The molecule has 0 N–H and O–H groups in total. The summed E-state index contributed by atoms with van der Waals surface area (Å²) in [6.45, 7) is 0. The Morgan fingerprint density at radius 1 is 1.29 bits per heavy atom. The molecule has 6 heteroatoms. The summed E-state index contributed by atoms with van der Waals surface area (Å²) >= 11 is 1.39. The normalized spacial score (nSPS) is 10.2. The Bertz CT molecular complexity index is 562. The van der Waals surface area contributed by atoms with Crippen molar-refractivity contribution in [2.24, 2.45) is 0 Å². The Morgan fingerprint density at radius 2 is 2.12 bits per heavy atom. The summed E-state index contributed by atoms with van der Waals surface area (Å²) in [6.07, 6.45) is 4.59. The summed E-state index contributed by atoms with van der Waals surface area (Å²) in [4.78, 5) is 23.2. The lowest BCUT2D eigenvalue weighted by atomic mass is 10.2. The molecular weight excluding hydrogens is 241 g/mol. The van der Waals surface area contributed by atoms with E-state index in [-0.39, 0.29) is 11.4 Å². The van der Waals surface area contributed by atoms with Gasteiger partial charge in [0, 0.05) is 12.4 Å². The number of halogens is 1. The lowest BCUT2D eigenvalue weighted by molar-refractivity contribution is 0.102. The van der Waals surface area contributed by atoms with Crippen LogP contribution in [-0.4, -0.2) is 27.0 Å². The molecule has 0 fully saturated rings. The van der Waals surface area contributed by atoms with Crippen LogP contribution in [0.3, 0.4) is 0 Å². The van der Waals surface area contributed by atoms with Crippen LogP contribution in [0.15, 0.2) is 35.6 Å². The Morgan fingerprint density at radius 3 is 2.82 bits per heavy atom. The van der Waals surface area contributed by atoms with E-state index in [0.29, 0.717) is 5.03 Å². The molecule has 86 valence electrons. The van der Waals surface area contributed by atoms with Crippen LogP contribution >= 0.6 is 11.8 Å². The minimum Gasteiger partial charge on any atom is -0.285 e. The highest BCUT2D eigenvalue weighted by Crippen LogP contribution is 2.13. The molecule has 0 unspecified atom stereocenters. The molecule has 2 aromatic heterocycles. The molecule has 17 heavy (non-hydrogen) atoms. The molecule has 0 bridgehead atoms. The molecular formula is C11H8FN3OS. The first-order valence-corrected chi connectivity index (χ1v) is 5.97. The smallest absolute Gasteiger partial charge is 0.234 e. The van der Waals surface area contributed by atoms with Crippen molar-refractivity contribution in [3.63, 3.8) is 0 Å². The second-order valence-corrected chi connectivity index (χ2v) is 3.92. The van der Waals surface area contributed by atoms with E-state index in [0.717, 1.165) is 0 Å². The van der Waals surface area contributed by atoms with Gasteiger partial charge in [-0.25, -0.2) is 15.0 Å². The topological polar surface area (TPSA) is 55.7 Å². The largest absolute Gasteiger partial charge is 0.285 e. The molecule has 0 aliphatic rings. The van der Waals surface area contributed by atoms with Crippen LogP contribution in [0.25, 0.3) is 0 Å². The lowest BCUT2D eigenvalue weighted by Gasteiger charge is -2.01. The average Bonchev–Trinajstić information content (AvgIpc) is 2.38. The van der Waals surface area contributed by atoms with Gasteiger partial charge in [0.25, 0.3) is 0 Å². The van der Waals surface area contributed by atoms with Crippen molar-refractivity contribution in [2.45, 2.75) is 5.03 Å². The molecule has 2 rings (SSSR count). The SMILES string of the molecule is CSc1ccnc(C(=O)c2cccnc2F)n1. The lowest BCUT2D eigenvalue weighted by Crippen LogP contribution is -2.10. The first-order chi connectivity index (χ1) is 8.22. The molecule has 4 nitrogen and oxygen atoms in total. The summed E-state index contributed by atoms with van der Waals surface area (Å²) in [7, 11) is 0. The van der Waals surface area contributed by atoms with Crippen LogP contribution in [-0.2, 0) is 0 Å². The van der Waals surface area contributed by atoms with Gasteiger partial charge in [-0.3, -0.25) is 4.79 Å². The van der Waals surface area contributed by atoms with Crippen molar-refractivity contribution < 1.29 is 9.18 Å². The van der Waals surface area contributed by atoms with Crippen LogP contribution in [0.5, 0.6) is 0 Å². The van der Waals surface area contributed by atoms with Gasteiger partial charge in [-0.2, -0.15) is 4.39 Å². The second-order valence-electron chi connectivity index (χ2n) is 3.09. The fourth-order valence-corrected chi connectivity index (χ4v) is 1.62. The van der Waals surface area contributed by atoms with E-state index in [4.69, 9.17) is 0 Å². The fraction of sp³-hybridized carbons (Fsp3) is 0.0909. The number of aromatic nitrogens is 3. The summed E-state index contributed by atoms with van der Waals surface area (Å²) in [5.41, 5.74) is -0.120. The van der Waals surface area contributed by atoms with Gasteiger partial charge < -0.3 is 0 Å². The number of hydrogen-bond acceptors (Lipinski definition) is 5. The minimum atomic E-state index is -0.810. The standard InChI is InChI=1S/C11H8FN3OS/c1-17-8-4-6-14-11(15-8)9(16)7-3-2-5-13-10(7)12/h2-6H,1H3. The Hall–Kier alpha value is -1.82. The molecule has 0 spiro atoms. The quantitative estimate of drug-likeness (QED) is 0.360. The molecule has 0 radical (unpaired) electrons. The maximum absolute atomic E-state index is 13.3. The predicted octanol–water partition coefficient (Wildman–Crippen LogP) is 1.96. The van der Waals surface area contributed by atoms with Crippen LogP contribution < -0.4 is 0 Å². The van der Waals surface area contributed by atoms with Crippen molar-refractivity contribution in [3.8, 4) is 0 Å². The van der Waals surface area contributed by atoms with E-state index in [9.17, 15) is 9.18 Å². The van der Waals surface area contributed by atoms with Crippen molar-refractivity contribution in [2.75, 3.05) is 6.26 Å². The molecule has 2 aromatic rings. The molecule has 0 aromatic carbocycles. The number of ketones is 1. The van der Waals surface area contributed by atoms with Crippen LogP contribution in [0.1, 0.15) is 16.2 Å². The third kappa shape index (κ3) is 2.47. The number of thioether (sulfide) groups is 1. The van der Waals surface area contributed by atoms with Gasteiger partial charge in [0.1, 0.15) is 0 Å². The minimum absolute atomic E-state index is 0.0243. The van der Waals surface area contributed by atoms with Gasteiger partial charge in [0.05, 0.1) is 10.6 Å². The van der Waals surface area contributed by atoms with Gasteiger partial charge in [0.2, 0.25) is 17.6 Å². The zero-order chi connectivity index (χ0) is 12.3. The highest BCUT2D eigenvalue weighted by Gasteiger charge is 2.17. The highest BCUT2D eigenvalue weighted by atomic mass is 32.2. The van der Waals surface area contributed by atoms with Gasteiger partial charge in [0.15, 0.2) is 0 Å². The molecule has 0 saturated carbocycles. The summed E-state index contributed by atoms with van der Waals surface area (Å²) in [5.74, 6) is -1.40. The summed E-state index contributed by atoms with van der Waals surface area (Å²) in [6, 6.07) is 4.54. The van der Waals surface area contributed by atoms with E-state index in [1.807, 2.05) is 6.26 Å². The maximum atomic E-state index is 13.3. The first-order valence-electron chi connectivity index (χ1n) is 4.74. The molecule has 0 aliphatic heterocycles. The van der Waals surface area contributed by atoms with E-state index in [1.165, 1.54) is 36.3 Å². The van der Waals surface area contributed by atoms with Crippen LogP contribution in [0.4, 0.5) is 4.39 Å². The van der Waals surface area contributed by atoms with E-state index in [1.54, 1.807) is 6.07 Å². The monoisotopic (exact) mass is 249 g/mol. The average molecular weight is 249 g/mol. The van der Waals surface area contributed by atoms with E-state index < -0.39 is 11.7 Å². The third-order valence-electron chi connectivity index (χ3n) is 2.05. The summed E-state index contributed by atoms with van der Waals surface area (Å²) < 4.78 is 13.3. The molecule has 2 heterocycles. The van der Waals surface area contributed by atoms with Crippen molar-refractivity contribution in [3.05, 3.63) is 47.9 Å². The number of rotatable bonds is 3. The Labute approximate surface area is 101 Å². The first kappa shape index (κ1) is 11.7. The number of pyridine rings is 1. The van der Waals surface area contributed by atoms with Gasteiger partial charge in [-0.1, -0.05) is 0 Å². The van der Waals surface area contributed by atoms with E-state index in [2.05, 4.69) is 15.0 Å². The zero-order valence-corrected chi connectivity index (χ0v) is 9.74. The second kappa shape index (κ2) is 5.01. The Kier molecular flexibility index (Phi) is 3.43. The number of hydrogen-bond donors (Lipinski definition) is 0. The number of carbonyl (C=O) groups is 1. The number of nitrogens with zero attached hydrogens (tertiary/aromatic N) is 3.